The van der Waals surface area contributed by atoms with Crippen LogP contribution < -0.4 is 9.81 Å². The van der Waals surface area contributed by atoms with Gasteiger partial charge in [0.05, 0.1) is 0 Å². The Balaban J connectivity index is 0.000000219. The molecule has 7 nitrogen and oxygen atoms in total. The van der Waals surface area contributed by atoms with Crippen molar-refractivity contribution in [1.29, 1.82) is 5.53 Å². The van der Waals surface area contributed by atoms with Gasteiger partial charge in [0.2, 0.25) is 10.6 Å². The van der Waals surface area contributed by atoms with Crippen molar-refractivity contribution in [3.8, 4) is 0 Å². The summed E-state index contributed by atoms with van der Waals surface area (Å²) in [6.07, 6.45) is 1.26. The van der Waals surface area contributed by atoms with E-state index in [0.29, 0.717) is 17.8 Å². The van der Waals surface area contributed by atoms with E-state index >= 15 is 0 Å². The summed E-state index contributed by atoms with van der Waals surface area (Å²) in [7, 11) is 4.07. The van der Waals surface area contributed by atoms with E-state index in [-0.39, 0.29) is 0 Å². The van der Waals surface area contributed by atoms with Crippen LogP contribution in [0.15, 0.2) is 96.1 Å². The highest BCUT2D eigenvalue weighted by Gasteiger charge is 2.04. The second kappa shape index (κ2) is 14.0. The highest BCUT2D eigenvalue weighted by molar-refractivity contribution is 5.54. The van der Waals surface area contributed by atoms with Crippen molar-refractivity contribution >= 4 is 29.9 Å². The average Bonchev–Trinajstić information content (AvgIpc) is 2.78. The number of carbonyl (C=O) groups is 1. The molecule has 0 saturated carbocycles. The normalized spacial score (nSPS) is 9.52. The van der Waals surface area contributed by atoms with Crippen LogP contribution in [0.4, 0.5) is 17.1 Å². The van der Waals surface area contributed by atoms with E-state index < -0.39 is 0 Å². The predicted molar refractivity (Wildman–Crippen MR) is 115 cm³/mol. The van der Waals surface area contributed by atoms with E-state index in [1.165, 1.54) is 5.69 Å². The van der Waals surface area contributed by atoms with Gasteiger partial charge in [-0.15, -0.1) is 0 Å². The summed E-state index contributed by atoms with van der Waals surface area (Å²) < 4.78 is 1.08. The van der Waals surface area contributed by atoms with Crippen molar-refractivity contribution in [1.82, 2.24) is 4.91 Å². The van der Waals surface area contributed by atoms with Crippen LogP contribution in [-0.4, -0.2) is 36.6 Å². The monoisotopic (exact) mass is 391 g/mol. The van der Waals surface area contributed by atoms with Crippen molar-refractivity contribution in [2.24, 2.45) is 5.11 Å². The van der Waals surface area contributed by atoms with E-state index in [2.05, 4.69) is 27.1 Å². The van der Waals surface area contributed by atoms with Crippen molar-refractivity contribution in [2.45, 2.75) is 0 Å². The van der Waals surface area contributed by atoms with Crippen LogP contribution in [-0.2, 0) is 4.79 Å². The highest BCUT2D eigenvalue weighted by atomic mass is 16.3. The van der Waals surface area contributed by atoms with E-state index in [4.69, 9.17) is 10.6 Å². The zero-order chi connectivity index (χ0) is 21.3. The van der Waals surface area contributed by atoms with Gasteiger partial charge in [-0.05, 0) is 24.3 Å². The zero-order valence-electron chi connectivity index (χ0n) is 16.5. The third kappa shape index (κ3) is 9.42. The summed E-state index contributed by atoms with van der Waals surface area (Å²) in [6, 6.07) is 28.3. The number of aliphatic hydroxyl groups is 1. The van der Waals surface area contributed by atoms with Crippen molar-refractivity contribution in [3.05, 3.63) is 91.0 Å². The second-order valence-electron chi connectivity index (χ2n) is 5.73. The molecule has 0 radical (unpaired) electrons. The first kappa shape index (κ1) is 23.0. The van der Waals surface area contributed by atoms with Gasteiger partial charge >= 0.3 is 12.8 Å². The number of carbonyl (C=O) groups excluding carboxylic acids is 1. The molecule has 29 heavy (non-hydrogen) atoms. The molecule has 148 valence electrons. The molecular formula is C22H25N5O2+2. The molecule has 1 amide bonds. The third-order valence-corrected chi connectivity index (χ3v) is 3.49. The lowest BCUT2D eigenvalue weighted by Crippen LogP contribution is -2.07. The van der Waals surface area contributed by atoms with Crippen molar-refractivity contribution in [2.75, 3.05) is 19.0 Å². The number of aliphatic hydroxyl groups excluding tert-OH is 1. The first-order valence-corrected chi connectivity index (χ1v) is 8.73. The van der Waals surface area contributed by atoms with Crippen LogP contribution in [0.3, 0.4) is 0 Å². The fraction of sp³-hybridized carbons (Fsp3) is 0.0909. The Bertz CT molecular complexity index is 908. The molecule has 0 fully saturated rings. The third-order valence-electron chi connectivity index (χ3n) is 3.49. The molecule has 0 saturated heterocycles. The first-order valence-electron chi connectivity index (χ1n) is 8.73. The number of benzene rings is 3. The largest absolute Gasteiger partial charge is 0.465 e. The van der Waals surface area contributed by atoms with E-state index in [1.807, 2.05) is 56.6 Å². The maximum absolute atomic E-state index is 10.3. The van der Waals surface area contributed by atoms with Crippen LogP contribution in [0.5, 0.6) is 0 Å². The summed E-state index contributed by atoms with van der Waals surface area (Å²) in [6.45, 7) is 0. The molecule has 2 N–H and O–H groups in total. The van der Waals surface area contributed by atoms with Crippen LogP contribution in [0.25, 0.3) is 0 Å². The van der Waals surface area contributed by atoms with E-state index in [1.54, 1.807) is 36.4 Å². The molecule has 3 aromatic carbocycles. The SMILES string of the molecule is CN(C)c1ccccc1.N=[N+]=Nc1ccccc1.O=C[N+](=CO)c1ccccc1. The molecule has 0 aromatic heterocycles. The van der Waals surface area contributed by atoms with Gasteiger partial charge in [-0.2, -0.15) is 0 Å². The van der Waals surface area contributed by atoms with Gasteiger partial charge in [0.1, 0.15) is 5.53 Å². The molecule has 0 atom stereocenters. The zero-order valence-corrected chi connectivity index (χ0v) is 16.5. The second-order valence-corrected chi connectivity index (χ2v) is 5.73. The molecule has 0 aliphatic rings. The summed E-state index contributed by atoms with van der Waals surface area (Å²) in [5.74, 6) is 0. The Labute approximate surface area is 170 Å². The lowest BCUT2D eigenvalue weighted by molar-refractivity contribution is -0.351. The molecule has 0 unspecified atom stereocenters. The van der Waals surface area contributed by atoms with Gasteiger partial charge in [-0.3, -0.25) is 0 Å². The Morgan fingerprint density at radius 1 is 0.897 bits per heavy atom. The number of rotatable bonds is 4. The van der Waals surface area contributed by atoms with Gasteiger partial charge in [-0.25, -0.2) is 4.79 Å². The Morgan fingerprint density at radius 3 is 1.76 bits per heavy atom. The Kier molecular flexibility index (Phi) is 11.1. The topological polar surface area (TPSA) is 93.9 Å². The fourth-order valence-electron chi connectivity index (χ4n) is 2.03. The van der Waals surface area contributed by atoms with Gasteiger partial charge < -0.3 is 10.0 Å². The molecular weight excluding hydrogens is 366 g/mol. The first-order chi connectivity index (χ1) is 14.1. The number of anilines is 1. The Hall–Kier alpha value is -4.09. The number of amides is 1. The minimum Gasteiger partial charge on any atom is -0.465 e. The maximum atomic E-state index is 10.3. The summed E-state index contributed by atoms with van der Waals surface area (Å²) in [4.78, 5) is 15.2. The number of hydrogen-bond donors (Lipinski definition) is 2. The molecule has 0 aliphatic carbocycles. The van der Waals surface area contributed by atoms with Crippen molar-refractivity contribution < 1.29 is 14.5 Å². The highest BCUT2D eigenvalue weighted by Crippen LogP contribution is 2.08. The number of hydrogen-bond acceptors (Lipinski definition) is 4. The maximum Gasteiger partial charge on any atom is 0.383 e. The van der Waals surface area contributed by atoms with Crippen LogP contribution in [0.1, 0.15) is 0 Å². The van der Waals surface area contributed by atoms with Gasteiger partial charge in [-0.1, -0.05) is 59.2 Å². The number of nitrogens with zero attached hydrogens (tertiary/aromatic N) is 4. The Morgan fingerprint density at radius 2 is 1.38 bits per heavy atom. The van der Waals surface area contributed by atoms with Gasteiger partial charge in [0.25, 0.3) is 0 Å². The molecule has 0 aliphatic heterocycles. The number of nitrogens with one attached hydrogen (secondary N) is 1. The molecule has 7 heteroatoms. The predicted octanol–water partition coefficient (Wildman–Crippen LogP) is 4.69. The van der Waals surface area contributed by atoms with E-state index in [9.17, 15) is 4.79 Å². The minimum absolute atomic E-state index is 0.537. The van der Waals surface area contributed by atoms with Crippen LogP contribution in [0, 0.1) is 5.53 Å². The summed E-state index contributed by atoms with van der Waals surface area (Å²) in [5.41, 5.74) is 9.00. The van der Waals surface area contributed by atoms with Crippen LogP contribution >= 0.6 is 0 Å². The lowest BCUT2D eigenvalue weighted by atomic mass is 10.3. The molecule has 0 bridgehead atoms. The van der Waals surface area contributed by atoms with Gasteiger partial charge in [0, 0.05) is 31.9 Å². The fourth-order valence-corrected chi connectivity index (χ4v) is 2.03. The van der Waals surface area contributed by atoms with Crippen molar-refractivity contribution in [3.63, 3.8) is 0 Å². The standard InChI is InChI=1S/C8H7NO2.C8H11N.C6H6N3/c10-6-9(7-11)8-4-2-1-3-5-8;1-9(2)8-6-4-3-5-7-8;7-9-8-6-4-2-1-3-5-6/h1-7H;3-7H,1-2H3;1-5,7H/q;;+1/p+1. The number of para-hydroxylation sites is 2. The summed E-state index contributed by atoms with van der Waals surface area (Å²) in [5, 5.41) is 12.0. The van der Waals surface area contributed by atoms with Crippen LogP contribution in [0.2, 0.25) is 0 Å². The average molecular weight is 391 g/mol. The molecule has 3 rings (SSSR count). The van der Waals surface area contributed by atoms with E-state index in [0.717, 1.165) is 11.0 Å². The minimum atomic E-state index is 0.537. The molecule has 0 heterocycles. The molecule has 0 spiro atoms. The molecule has 3 aromatic rings. The quantitative estimate of drug-likeness (QED) is 0.169. The summed E-state index contributed by atoms with van der Waals surface area (Å²) >= 11 is 0. The van der Waals surface area contributed by atoms with Gasteiger partial charge in [0.15, 0.2) is 10.8 Å². The smallest absolute Gasteiger partial charge is 0.383 e. The lowest BCUT2D eigenvalue weighted by Gasteiger charge is -2.10.